The Hall–Kier alpha value is -4.22. The van der Waals surface area contributed by atoms with Gasteiger partial charge in [-0.15, -0.1) is 0 Å². The van der Waals surface area contributed by atoms with E-state index in [9.17, 15) is 22.8 Å². The molecule has 9 nitrogen and oxygen atoms in total. The van der Waals surface area contributed by atoms with Crippen molar-refractivity contribution in [3.8, 4) is 11.3 Å². The number of nitrogens with one attached hydrogen (secondary N) is 2. The van der Waals surface area contributed by atoms with Crippen molar-refractivity contribution in [2.24, 2.45) is 4.99 Å². The Kier molecular flexibility index (Phi) is 6.54. The SMILES string of the molecule is C=Cn1nc(-c2c[nH]c(=O)[nH]c2=O)cc(C2CC2)c1=NC.FC(F)(F)Cn1ccc2cnccc21. The fourth-order valence-corrected chi connectivity index (χ4v) is 3.69. The third-order valence-electron chi connectivity index (χ3n) is 5.40. The van der Waals surface area contributed by atoms with Gasteiger partial charge in [0.1, 0.15) is 6.54 Å². The van der Waals surface area contributed by atoms with Crippen molar-refractivity contribution in [1.82, 2.24) is 29.3 Å². The normalized spacial score (nSPS) is 14.0. The summed E-state index contributed by atoms with van der Waals surface area (Å²) in [5, 5.41) is 5.08. The Bertz CT molecular complexity index is 1560. The molecule has 0 radical (unpaired) electrons. The highest BCUT2D eigenvalue weighted by Crippen LogP contribution is 2.39. The van der Waals surface area contributed by atoms with Gasteiger partial charge >= 0.3 is 11.9 Å². The molecule has 4 aromatic rings. The number of fused-ring (bicyclic) bond motifs is 1. The third kappa shape index (κ3) is 5.48. The molecule has 1 fully saturated rings. The molecule has 5 rings (SSSR count). The van der Waals surface area contributed by atoms with E-state index in [1.54, 1.807) is 36.3 Å². The van der Waals surface area contributed by atoms with Crippen molar-refractivity contribution in [2.75, 3.05) is 7.05 Å². The maximum atomic E-state index is 12.1. The molecule has 0 spiro atoms. The minimum absolute atomic E-state index is 0.315. The van der Waals surface area contributed by atoms with E-state index in [4.69, 9.17) is 0 Å². The predicted octanol–water partition coefficient (Wildman–Crippen LogP) is 3.03. The number of aromatic amines is 2. The van der Waals surface area contributed by atoms with Crippen molar-refractivity contribution in [2.45, 2.75) is 31.5 Å². The largest absolute Gasteiger partial charge is 0.406 e. The highest BCUT2D eigenvalue weighted by atomic mass is 19.4. The fourth-order valence-electron chi connectivity index (χ4n) is 3.69. The molecular formula is C23H22F3N7O2. The summed E-state index contributed by atoms with van der Waals surface area (Å²) in [5.41, 5.74) is 2.15. The molecule has 0 unspecified atom stereocenters. The maximum absolute atomic E-state index is 12.1. The molecule has 35 heavy (non-hydrogen) atoms. The van der Waals surface area contributed by atoms with Gasteiger partial charge in [-0.1, -0.05) is 6.58 Å². The van der Waals surface area contributed by atoms with E-state index in [-0.39, 0.29) is 0 Å². The summed E-state index contributed by atoms with van der Waals surface area (Å²) in [6.45, 7) is 2.77. The molecular weight excluding hydrogens is 463 g/mol. The van der Waals surface area contributed by atoms with Crippen LogP contribution >= 0.6 is 0 Å². The second-order valence-corrected chi connectivity index (χ2v) is 7.91. The number of halogens is 3. The van der Waals surface area contributed by atoms with Crippen LogP contribution in [0, 0.1) is 0 Å². The smallest absolute Gasteiger partial charge is 0.338 e. The van der Waals surface area contributed by atoms with Crippen molar-refractivity contribution in [1.29, 1.82) is 0 Å². The zero-order chi connectivity index (χ0) is 25.2. The van der Waals surface area contributed by atoms with Gasteiger partial charge < -0.3 is 9.55 Å². The topological polar surface area (TPSA) is 114 Å². The molecule has 1 aliphatic rings. The number of rotatable bonds is 4. The van der Waals surface area contributed by atoms with Crippen LogP contribution in [0.4, 0.5) is 13.2 Å². The van der Waals surface area contributed by atoms with Crippen LogP contribution in [0.2, 0.25) is 0 Å². The van der Waals surface area contributed by atoms with Gasteiger partial charge in [0.15, 0.2) is 5.49 Å². The van der Waals surface area contributed by atoms with E-state index in [0.29, 0.717) is 22.7 Å². The Morgan fingerprint density at radius 3 is 2.69 bits per heavy atom. The summed E-state index contributed by atoms with van der Waals surface area (Å²) >= 11 is 0. The summed E-state index contributed by atoms with van der Waals surface area (Å²) in [7, 11) is 1.70. The van der Waals surface area contributed by atoms with Gasteiger partial charge in [0, 0.05) is 49.0 Å². The highest BCUT2D eigenvalue weighted by Gasteiger charge is 2.28. The van der Waals surface area contributed by atoms with Crippen molar-refractivity contribution >= 4 is 17.1 Å². The zero-order valence-corrected chi connectivity index (χ0v) is 18.7. The number of alkyl halides is 3. The molecule has 0 saturated heterocycles. The van der Waals surface area contributed by atoms with Crippen LogP contribution in [-0.4, -0.2) is 42.5 Å². The van der Waals surface area contributed by atoms with Crippen LogP contribution in [0.15, 0.2) is 64.1 Å². The van der Waals surface area contributed by atoms with E-state index in [1.165, 1.54) is 18.6 Å². The van der Waals surface area contributed by atoms with Crippen LogP contribution in [0.5, 0.6) is 0 Å². The molecule has 0 atom stereocenters. The Morgan fingerprint density at radius 1 is 1.29 bits per heavy atom. The van der Waals surface area contributed by atoms with Crippen molar-refractivity contribution in [3.63, 3.8) is 0 Å². The van der Waals surface area contributed by atoms with Crippen LogP contribution < -0.4 is 16.7 Å². The molecule has 1 aliphatic carbocycles. The van der Waals surface area contributed by atoms with E-state index in [0.717, 1.165) is 33.8 Å². The van der Waals surface area contributed by atoms with Gasteiger partial charge in [-0.2, -0.15) is 18.3 Å². The van der Waals surface area contributed by atoms with Gasteiger partial charge in [-0.25, -0.2) is 9.48 Å². The van der Waals surface area contributed by atoms with E-state index in [2.05, 4.69) is 31.6 Å². The number of hydrogen-bond acceptors (Lipinski definition) is 5. The Labute approximate surface area is 196 Å². The van der Waals surface area contributed by atoms with Crippen molar-refractivity contribution < 1.29 is 13.2 Å². The first kappa shape index (κ1) is 23.9. The molecule has 1 saturated carbocycles. The second-order valence-electron chi connectivity index (χ2n) is 7.91. The van der Waals surface area contributed by atoms with E-state index in [1.807, 2.05) is 6.07 Å². The molecule has 0 amide bonds. The average Bonchev–Trinajstić information content (AvgIpc) is 3.59. The molecule has 2 N–H and O–H groups in total. The van der Waals surface area contributed by atoms with E-state index < -0.39 is 24.0 Å². The number of pyridine rings is 1. The Balaban J connectivity index is 0.000000179. The molecule has 182 valence electrons. The standard InChI is InChI=1S/C14H15N5O2.C9H7F3N2/c1-3-19-12(15-2)9(8-4-5-8)6-11(18-19)10-7-16-14(21)17-13(10)20;10-9(11,12)6-14-4-2-7-5-13-3-1-8(7)14/h3,6-8H,1,4-5H2,2H3,(H2,16,17,20,21);1-5H,6H2. The quantitative estimate of drug-likeness (QED) is 0.463. The summed E-state index contributed by atoms with van der Waals surface area (Å²) in [6, 6.07) is 5.05. The van der Waals surface area contributed by atoms with Crippen LogP contribution in [0.3, 0.4) is 0 Å². The monoisotopic (exact) mass is 485 g/mol. The molecule has 4 heterocycles. The lowest BCUT2D eigenvalue weighted by atomic mass is 10.1. The average molecular weight is 485 g/mol. The molecule has 4 aromatic heterocycles. The lowest BCUT2D eigenvalue weighted by Crippen LogP contribution is -2.27. The molecule has 0 bridgehead atoms. The highest BCUT2D eigenvalue weighted by molar-refractivity contribution is 5.78. The van der Waals surface area contributed by atoms with Crippen LogP contribution in [0.25, 0.3) is 28.4 Å². The van der Waals surface area contributed by atoms with Gasteiger partial charge in [-0.05, 0) is 37.0 Å². The predicted molar refractivity (Wildman–Crippen MR) is 125 cm³/mol. The molecule has 12 heteroatoms. The van der Waals surface area contributed by atoms with Crippen molar-refractivity contribution in [3.05, 3.63) is 81.5 Å². The third-order valence-corrected chi connectivity index (χ3v) is 5.40. The maximum Gasteiger partial charge on any atom is 0.406 e. The first-order valence-corrected chi connectivity index (χ1v) is 10.7. The van der Waals surface area contributed by atoms with Gasteiger partial charge in [0.2, 0.25) is 0 Å². The zero-order valence-electron chi connectivity index (χ0n) is 18.7. The van der Waals surface area contributed by atoms with Gasteiger partial charge in [0.25, 0.3) is 5.56 Å². The molecule has 0 aromatic carbocycles. The first-order chi connectivity index (χ1) is 16.7. The fraction of sp³-hybridized carbons (Fsp3) is 0.261. The van der Waals surface area contributed by atoms with Gasteiger partial charge in [0.05, 0.1) is 16.8 Å². The minimum atomic E-state index is -4.19. The van der Waals surface area contributed by atoms with Crippen LogP contribution in [-0.2, 0) is 6.54 Å². The lowest BCUT2D eigenvalue weighted by molar-refractivity contribution is -0.139. The summed E-state index contributed by atoms with van der Waals surface area (Å²) in [4.78, 5) is 35.8. The number of hydrogen-bond donors (Lipinski definition) is 2. The lowest BCUT2D eigenvalue weighted by Gasteiger charge is -2.09. The first-order valence-electron chi connectivity index (χ1n) is 10.7. The summed E-state index contributed by atoms with van der Waals surface area (Å²) < 4.78 is 39.1. The number of aromatic nitrogens is 6. The second kappa shape index (κ2) is 9.57. The number of nitrogens with zero attached hydrogens (tertiary/aromatic N) is 5. The molecule has 0 aliphatic heterocycles. The van der Waals surface area contributed by atoms with Crippen LogP contribution in [0.1, 0.15) is 24.3 Å². The summed E-state index contributed by atoms with van der Waals surface area (Å²) in [6.07, 6.45) is 5.39. The minimum Gasteiger partial charge on any atom is -0.338 e. The number of H-pyrrole nitrogens is 2. The Morgan fingerprint density at radius 2 is 2.06 bits per heavy atom. The van der Waals surface area contributed by atoms with Gasteiger partial charge in [-0.3, -0.25) is 19.8 Å². The van der Waals surface area contributed by atoms with E-state index >= 15 is 0 Å². The summed E-state index contributed by atoms with van der Waals surface area (Å²) in [5.74, 6) is 0.443.